The topological polar surface area (TPSA) is 12.4 Å². The first-order valence-corrected chi connectivity index (χ1v) is 4.97. The van der Waals surface area contributed by atoms with Crippen LogP contribution in [0.4, 0.5) is 0 Å². The molecule has 0 N–H and O–H groups in total. The molecule has 0 aromatic carbocycles. The molecule has 0 aromatic rings. The van der Waals surface area contributed by atoms with Crippen molar-refractivity contribution >= 4 is 17.3 Å². The van der Waals surface area contributed by atoms with Gasteiger partial charge in [0.1, 0.15) is 0 Å². The van der Waals surface area contributed by atoms with E-state index in [2.05, 4.69) is 11.9 Å². The largest absolute Gasteiger partial charge is 0.282 e. The molecular formula is C8H13NS. The number of thioether (sulfide) groups is 1. The average Bonchev–Trinajstić information content (AvgIpc) is 2.33. The third-order valence-corrected chi connectivity index (χ3v) is 3.61. The van der Waals surface area contributed by atoms with Gasteiger partial charge in [0, 0.05) is 5.25 Å². The Hall–Kier alpha value is 0.0200. The van der Waals surface area contributed by atoms with Crippen LogP contribution in [-0.2, 0) is 0 Å². The maximum absolute atomic E-state index is 4.43. The molecule has 0 bridgehead atoms. The Kier molecular flexibility index (Phi) is 1.73. The van der Waals surface area contributed by atoms with Crippen molar-refractivity contribution in [3.05, 3.63) is 0 Å². The summed E-state index contributed by atoms with van der Waals surface area (Å²) in [6.45, 7) is 2.36. The zero-order chi connectivity index (χ0) is 6.97. The number of hydrogen-bond donors (Lipinski definition) is 0. The van der Waals surface area contributed by atoms with Crippen molar-refractivity contribution in [1.82, 2.24) is 0 Å². The Bertz CT molecular complexity index is 155. The lowest BCUT2D eigenvalue weighted by molar-refractivity contribution is 0.363. The van der Waals surface area contributed by atoms with Gasteiger partial charge in [0.05, 0.1) is 11.6 Å². The van der Waals surface area contributed by atoms with Crippen molar-refractivity contribution in [3.8, 4) is 0 Å². The van der Waals surface area contributed by atoms with E-state index in [0.717, 1.165) is 11.2 Å². The quantitative estimate of drug-likeness (QED) is 0.523. The molecule has 1 nitrogen and oxygen atoms in total. The number of hydrogen-bond acceptors (Lipinski definition) is 2. The lowest BCUT2D eigenvalue weighted by atomic mass is 9.87. The van der Waals surface area contributed by atoms with E-state index in [1.807, 2.05) is 17.3 Å². The highest BCUT2D eigenvalue weighted by molar-refractivity contribution is 8.12. The molecule has 2 aliphatic rings. The van der Waals surface area contributed by atoms with Gasteiger partial charge in [-0.3, -0.25) is 4.99 Å². The van der Waals surface area contributed by atoms with Crippen molar-refractivity contribution in [2.45, 2.75) is 37.5 Å². The van der Waals surface area contributed by atoms with Gasteiger partial charge in [-0.2, -0.15) is 0 Å². The van der Waals surface area contributed by atoms with Gasteiger partial charge in [-0.05, 0) is 25.2 Å². The van der Waals surface area contributed by atoms with E-state index in [-0.39, 0.29) is 0 Å². The lowest BCUT2D eigenvalue weighted by Gasteiger charge is -2.27. The fraction of sp³-hybridized carbons (Fsp3) is 0.875. The van der Waals surface area contributed by atoms with Crippen LogP contribution < -0.4 is 0 Å². The summed E-state index contributed by atoms with van der Waals surface area (Å²) in [6.07, 6.45) is 4.10. The highest BCUT2D eigenvalue weighted by Gasteiger charge is 2.30. The van der Waals surface area contributed by atoms with Crippen molar-refractivity contribution in [3.63, 3.8) is 0 Å². The molecule has 2 heteroatoms. The minimum absolute atomic E-state index is 0.682. The number of fused-ring (bicyclic) bond motifs is 1. The summed E-state index contributed by atoms with van der Waals surface area (Å²) in [6, 6.07) is 0.682. The van der Waals surface area contributed by atoms with Crippen LogP contribution in [0.3, 0.4) is 0 Å². The molecule has 0 amide bonds. The highest BCUT2D eigenvalue weighted by atomic mass is 32.2. The zero-order valence-electron chi connectivity index (χ0n) is 6.29. The van der Waals surface area contributed by atoms with Gasteiger partial charge >= 0.3 is 0 Å². The molecule has 0 aromatic heterocycles. The van der Waals surface area contributed by atoms with E-state index < -0.39 is 0 Å². The van der Waals surface area contributed by atoms with Crippen LogP contribution in [-0.4, -0.2) is 16.8 Å². The summed E-state index contributed by atoms with van der Waals surface area (Å²) in [4.78, 5) is 4.43. The van der Waals surface area contributed by atoms with E-state index in [4.69, 9.17) is 0 Å². The first-order chi connectivity index (χ1) is 4.86. The molecule has 1 fully saturated rings. The summed E-state index contributed by atoms with van der Waals surface area (Å²) >= 11 is 1.94. The fourth-order valence-electron chi connectivity index (χ4n) is 1.82. The van der Waals surface area contributed by atoms with E-state index >= 15 is 0 Å². The van der Waals surface area contributed by atoms with Crippen LogP contribution in [0.2, 0.25) is 0 Å². The monoisotopic (exact) mass is 155 g/mol. The predicted molar refractivity (Wildman–Crippen MR) is 46.7 cm³/mol. The minimum atomic E-state index is 0.682. The first kappa shape index (κ1) is 6.71. The smallest absolute Gasteiger partial charge is 0.0628 e. The van der Waals surface area contributed by atoms with E-state index in [1.54, 1.807) is 0 Å². The SMILES string of the molecule is CC1CCC2N=CSC2C1. The van der Waals surface area contributed by atoms with Crippen LogP contribution >= 0.6 is 11.8 Å². The summed E-state index contributed by atoms with van der Waals surface area (Å²) in [7, 11) is 0. The molecule has 1 heterocycles. The van der Waals surface area contributed by atoms with E-state index in [1.165, 1.54) is 19.3 Å². The molecule has 0 spiro atoms. The van der Waals surface area contributed by atoms with Gasteiger partial charge in [0.2, 0.25) is 0 Å². The van der Waals surface area contributed by atoms with Gasteiger partial charge < -0.3 is 0 Å². The van der Waals surface area contributed by atoms with Crippen LogP contribution in [0, 0.1) is 5.92 Å². The Balaban J connectivity index is 2.01. The van der Waals surface area contributed by atoms with Gasteiger partial charge in [-0.15, -0.1) is 11.8 Å². The Morgan fingerprint density at radius 3 is 3.30 bits per heavy atom. The highest BCUT2D eigenvalue weighted by Crippen LogP contribution is 2.36. The molecule has 10 heavy (non-hydrogen) atoms. The average molecular weight is 155 g/mol. The van der Waals surface area contributed by atoms with Crippen molar-refractivity contribution in [1.29, 1.82) is 0 Å². The molecule has 1 saturated carbocycles. The Morgan fingerprint density at radius 1 is 1.50 bits per heavy atom. The van der Waals surface area contributed by atoms with Crippen LogP contribution in [0.25, 0.3) is 0 Å². The normalized spacial score (nSPS) is 45.5. The number of nitrogens with zero attached hydrogens (tertiary/aromatic N) is 1. The molecule has 0 saturated heterocycles. The van der Waals surface area contributed by atoms with Crippen molar-refractivity contribution in [2.24, 2.45) is 10.9 Å². The van der Waals surface area contributed by atoms with Crippen LogP contribution in [0.5, 0.6) is 0 Å². The number of aliphatic imine (C=N–C) groups is 1. The van der Waals surface area contributed by atoms with Gasteiger partial charge in [0.15, 0.2) is 0 Å². The molecule has 0 radical (unpaired) electrons. The maximum Gasteiger partial charge on any atom is 0.0628 e. The lowest BCUT2D eigenvalue weighted by Crippen LogP contribution is -2.26. The molecule has 2 rings (SSSR count). The zero-order valence-corrected chi connectivity index (χ0v) is 7.10. The van der Waals surface area contributed by atoms with Crippen LogP contribution in [0.1, 0.15) is 26.2 Å². The minimum Gasteiger partial charge on any atom is -0.282 e. The summed E-state index contributed by atoms with van der Waals surface area (Å²) in [5.41, 5.74) is 2.05. The molecule has 1 aliphatic heterocycles. The second-order valence-electron chi connectivity index (χ2n) is 3.41. The second-order valence-corrected chi connectivity index (χ2v) is 4.50. The van der Waals surface area contributed by atoms with E-state index in [0.29, 0.717) is 6.04 Å². The van der Waals surface area contributed by atoms with Gasteiger partial charge in [-0.25, -0.2) is 0 Å². The predicted octanol–water partition coefficient (Wildman–Crippen LogP) is 2.32. The third kappa shape index (κ3) is 1.09. The summed E-state index contributed by atoms with van der Waals surface area (Å²) in [5, 5.41) is 0.837. The van der Waals surface area contributed by atoms with Gasteiger partial charge in [-0.1, -0.05) is 6.92 Å². The van der Waals surface area contributed by atoms with Crippen molar-refractivity contribution in [2.75, 3.05) is 0 Å². The first-order valence-electron chi connectivity index (χ1n) is 4.03. The summed E-state index contributed by atoms with van der Waals surface area (Å²) in [5.74, 6) is 0.940. The van der Waals surface area contributed by atoms with Gasteiger partial charge in [0.25, 0.3) is 0 Å². The number of rotatable bonds is 0. The fourth-order valence-corrected chi connectivity index (χ4v) is 3.03. The Labute approximate surface area is 66.3 Å². The van der Waals surface area contributed by atoms with Crippen molar-refractivity contribution < 1.29 is 0 Å². The molecular weight excluding hydrogens is 142 g/mol. The standard InChI is InChI=1S/C8H13NS/c1-6-2-3-7-8(4-6)10-5-9-7/h5-8H,2-4H2,1H3. The second kappa shape index (κ2) is 2.57. The molecule has 3 unspecified atom stereocenters. The molecule has 3 atom stereocenters. The third-order valence-electron chi connectivity index (χ3n) is 2.51. The van der Waals surface area contributed by atoms with Crippen LogP contribution in [0.15, 0.2) is 4.99 Å². The molecule has 1 aliphatic carbocycles. The Morgan fingerprint density at radius 2 is 2.40 bits per heavy atom. The molecule has 56 valence electrons. The maximum atomic E-state index is 4.43. The van der Waals surface area contributed by atoms with E-state index in [9.17, 15) is 0 Å². The summed E-state index contributed by atoms with van der Waals surface area (Å²) < 4.78 is 0.